The molecule has 0 saturated carbocycles. The Morgan fingerprint density at radius 1 is 0.971 bits per heavy atom. The topological polar surface area (TPSA) is 114 Å². The molecule has 0 radical (unpaired) electrons. The van der Waals surface area contributed by atoms with Gasteiger partial charge in [0.05, 0.1) is 12.0 Å². The minimum atomic E-state index is -0.629. The van der Waals surface area contributed by atoms with Crippen LogP contribution in [-0.2, 0) is 20.0 Å². The highest BCUT2D eigenvalue weighted by molar-refractivity contribution is 6.05. The number of hydrazine groups is 1. The highest BCUT2D eigenvalue weighted by atomic mass is 16.5. The largest absolute Gasteiger partial charge is 0.493 e. The van der Waals surface area contributed by atoms with Crippen molar-refractivity contribution in [2.24, 2.45) is 7.05 Å². The number of amides is 3. The first-order chi connectivity index (χ1) is 17.0. The molecule has 2 heterocycles. The molecule has 0 bridgehead atoms. The zero-order valence-corrected chi connectivity index (χ0v) is 19.0. The quantitative estimate of drug-likeness (QED) is 0.398. The number of rotatable bonds is 4. The average molecular weight is 470 g/mol. The summed E-state index contributed by atoms with van der Waals surface area (Å²) in [5.74, 6) is 0.323. The Hall–Kier alpha value is -4.66. The second kappa shape index (κ2) is 9.30. The van der Waals surface area contributed by atoms with Gasteiger partial charge in [-0.05, 0) is 40.5 Å². The number of aryl methyl sites for hydroxylation is 1. The van der Waals surface area contributed by atoms with E-state index in [0.29, 0.717) is 10.8 Å². The lowest BCUT2D eigenvalue weighted by Gasteiger charge is -2.11. The van der Waals surface area contributed by atoms with E-state index in [0.717, 1.165) is 40.1 Å². The summed E-state index contributed by atoms with van der Waals surface area (Å²) in [6.45, 7) is 1.01. The van der Waals surface area contributed by atoms with Crippen molar-refractivity contribution >= 4 is 22.7 Å². The molecule has 176 valence electrons. The van der Waals surface area contributed by atoms with Crippen LogP contribution in [0.25, 0.3) is 21.9 Å². The lowest BCUT2D eigenvalue weighted by Crippen LogP contribution is -2.47. The van der Waals surface area contributed by atoms with Crippen molar-refractivity contribution in [3.8, 4) is 16.9 Å². The Kier molecular flexibility index (Phi) is 5.88. The number of fused-ring (bicyclic) bond motifs is 2. The number of carbonyl (C=O) groups is 2. The van der Waals surface area contributed by atoms with Gasteiger partial charge < -0.3 is 10.1 Å². The Morgan fingerprint density at radius 2 is 1.71 bits per heavy atom. The molecule has 0 spiro atoms. The molecule has 0 atom stereocenters. The van der Waals surface area contributed by atoms with E-state index in [-0.39, 0.29) is 17.8 Å². The molecule has 5 rings (SSSR count). The van der Waals surface area contributed by atoms with Gasteiger partial charge in [-0.15, -0.1) is 0 Å². The van der Waals surface area contributed by atoms with E-state index in [1.165, 1.54) is 12.6 Å². The van der Waals surface area contributed by atoms with Gasteiger partial charge >= 0.3 is 6.03 Å². The van der Waals surface area contributed by atoms with Crippen LogP contribution in [0.4, 0.5) is 4.79 Å². The standard InChI is InChI=1S/C26H23N5O4/c1-31-25(33)21-5-3-2-4-20(21)23(30-31)24(32)28-29-26(34)27-15-16-6-8-17(9-7-16)18-10-11-22-19(14-18)12-13-35-22/h2-11,14H,12-13,15H2,1H3,(H,28,32)(H2,27,29,34). The Morgan fingerprint density at radius 3 is 2.51 bits per heavy atom. The second-order valence-corrected chi connectivity index (χ2v) is 8.20. The third-order valence-electron chi connectivity index (χ3n) is 5.89. The molecule has 0 fully saturated rings. The predicted octanol–water partition coefficient (Wildman–Crippen LogP) is 2.68. The number of nitrogens with zero attached hydrogens (tertiary/aromatic N) is 2. The van der Waals surface area contributed by atoms with Crippen LogP contribution in [0, 0.1) is 0 Å². The Labute approximate surface area is 200 Å². The van der Waals surface area contributed by atoms with Crippen LogP contribution in [0.2, 0.25) is 0 Å². The molecule has 9 nitrogen and oxygen atoms in total. The predicted molar refractivity (Wildman–Crippen MR) is 131 cm³/mol. The van der Waals surface area contributed by atoms with Gasteiger partial charge in [0.1, 0.15) is 5.75 Å². The molecular formula is C26H23N5O4. The van der Waals surface area contributed by atoms with E-state index < -0.39 is 11.9 Å². The maximum atomic E-state index is 12.6. The number of nitrogens with one attached hydrogen (secondary N) is 3. The van der Waals surface area contributed by atoms with Crippen molar-refractivity contribution in [1.82, 2.24) is 25.9 Å². The smallest absolute Gasteiger partial charge is 0.333 e. The SMILES string of the molecule is Cn1nc(C(=O)NNC(=O)NCc2ccc(-c3ccc4c(c3)CCO4)cc2)c2ccccc2c1=O. The number of hydrogen-bond donors (Lipinski definition) is 3. The first-order valence-electron chi connectivity index (χ1n) is 11.1. The van der Waals surface area contributed by atoms with E-state index in [2.05, 4.69) is 27.3 Å². The van der Waals surface area contributed by atoms with Crippen LogP contribution in [-0.4, -0.2) is 28.3 Å². The van der Waals surface area contributed by atoms with Crippen molar-refractivity contribution in [3.05, 3.63) is 93.9 Å². The van der Waals surface area contributed by atoms with Crippen molar-refractivity contribution in [2.45, 2.75) is 13.0 Å². The van der Waals surface area contributed by atoms with E-state index in [9.17, 15) is 14.4 Å². The Balaban J connectivity index is 1.17. The van der Waals surface area contributed by atoms with Gasteiger partial charge in [0, 0.05) is 25.4 Å². The first kappa shape index (κ1) is 22.1. The van der Waals surface area contributed by atoms with Gasteiger partial charge in [-0.2, -0.15) is 5.10 Å². The van der Waals surface area contributed by atoms with Crippen LogP contribution < -0.4 is 26.5 Å². The zero-order chi connectivity index (χ0) is 24.4. The summed E-state index contributed by atoms with van der Waals surface area (Å²) < 4.78 is 6.66. The average Bonchev–Trinajstić information content (AvgIpc) is 3.36. The molecular weight excluding hydrogens is 446 g/mol. The molecule has 1 aliphatic heterocycles. The minimum Gasteiger partial charge on any atom is -0.493 e. The van der Waals surface area contributed by atoms with E-state index in [1.54, 1.807) is 24.3 Å². The molecule has 0 saturated heterocycles. The normalized spacial score (nSPS) is 12.0. The van der Waals surface area contributed by atoms with Crippen LogP contribution in [0.5, 0.6) is 5.75 Å². The summed E-state index contributed by atoms with van der Waals surface area (Å²) in [4.78, 5) is 37.0. The van der Waals surface area contributed by atoms with Crippen molar-refractivity contribution < 1.29 is 14.3 Å². The number of hydrogen-bond acceptors (Lipinski definition) is 5. The summed E-state index contributed by atoms with van der Waals surface area (Å²) in [5.41, 5.74) is 8.71. The highest BCUT2D eigenvalue weighted by Gasteiger charge is 2.16. The lowest BCUT2D eigenvalue weighted by molar-refractivity contribution is 0.0931. The van der Waals surface area contributed by atoms with Gasteiger partial charge in [0.15, 0.2) is 5.69 Å². The Bertz CT molecular complexity index is 1490. The number of benzene rings is 3. The third-order valence-corrected chi connectivity index (χ3v) is 5.89. The number of ether oxygens (including phenoxy) is 1. The molecule has 3 N–H and O–H groups in total. The molecule has 0 unspecified atom stereocenters. The maximum Gasteiger partial charge on any atom is 0.333 e. The number of urea groups is 1. The van der Waals surface area contributed by atoms with Crippen molar-refractivity contribution in [3.63, 3.8) is 0 Å². The lowest BCUT2D eigenvalue weighted by atomic mass is 10.0. The van der Waals surface area contributed by atoms with Crippen LogP contribution in [0.15, 0.2) is 71.5 Å². The minimum absolute atomic E-state index is 0.0386. The monoisotopic (exact) mass is 469 g/mol. The fourth-order valence-corrected chi connectivity index (χ4v) is 4.05. The molecule has 3 aromatic carbocycles. The van der Waals surface area contributed by atoms with Gasteiger partial charge in [0.2, 0.25) is 0 Å². The molecule has 4 aromatic rings. The van der Waals surface area contributed by atoms with Crippen LogP contribution >= 0.6 is 0 Å². The first-order valence-corrected chi connectivity index (χ1v) is 11.1. The molecule has 1 aliphatic rings. The molecule has 1 aromatic heterocycles. The molecule has 9 heteroatoms. The van der Waals surface area contributed by atoms with Gasteiger partial charge in [-0.3, -0.25) is 15.0 Å². The summed E-state index contributed by atoms with van der Waals surface area (Å²) in [7, 11) is 1.47. The van der Waals surface area contributed by atoms with Crippen molar-refractivity contribution in [1.29, 1.82) is 0 Å². The van der Waals surface area contributed by atoms with E-state index >= 15 is 0 Å². The summed E-state index contributed by atoms with van der Waals surface area (Å²) in [6, 6.07) is 20.2. The summed E-state index contributed by atoms with van der Waals surface area (Å²) in [5, 5.41) is 7.52. The summed E-state index contributed by atoms with van der Waals surface area (Å²) >= 11 is 0. The molecule has 35 heavy (non-hydrogen) atoms. The van der Waals surface area contributed by atoms with E-state index in [1.807, 2.05) is 36.4 Å². The maximum absolute atomic E-state index is 12.6. The van der Waals surface area contributed by atoms with Crippen LogP contribution in [0.3, 0.4) is 0 Å². The number of aromatic nitrogens is 2. The third kappa shape index (κ3) is 4.56. The fraction of sp³-hybridized carbons (Fsp3) is 0.154. The summed E-state index contributed by atoms with van der Waals surface area (Å²) in [6.07, 6.45) is 0.922. The van der Waals surface area contributed by atoms with Crippen LogP contribution in [0.1, 0.15) is 21.6 Å². The van der Waals surface area contributed by atoms with Gasteiger partial charge in [-0.25, -0.2) is 14.9 Å². The second-order valence-electron chi connectivity index (χ2n) is 8.20. The fourth-order valence-electron chi connectivity index (χ4n) is 4.05. The van der Waals surface area contributed by atoms with Gasteiger partial charge in [-0.1, -0.05) is 48.5 Å². The molecule has 0 aliphatic carbocycles. The zero-order valence-electron chi connectivity index (χ0n) is 19.0. The number of carbonyl (C=O) groups excluding carboxylic acids is 2. The van der Waals surface area contributed by atoms with Gasteiger partial charge in [0.25, 0.3) is 11.5 Å². The molecule has 3 amide bonds. The highest BCUT2D eigenvalue weighted by Crippen LogP contribution is 2.30. The van der Waals surface area contributed by atoms with E-state index in [4.69, 9.17) is 4.74 Å². The van der Waals surface area contributed by atoms with Crippen molar-refractivity contribution in [2.75, 3.05) is 6.61 Å².